The Morgan fingerprint density at radius 1 is 0.911 bits per heavy atom. The van der Waals surface area contributed by atoms with Crippen LogP contribution in [-0.4, -0.2) is 38.7 Å². The molecule has 0 bridgehead atoms. The van der Waals surface area contributed by atoms with Crippen molar-refractivity contribution >= 4 is 22.5 Å². The van der Waals surface area contributed by atoms with Crippen molar-refractivity contribution in [1.29, 1.82) is 5.26 Å². The second-order valence-corrected chi connectivity index (χ2v) is 12.7. The number of hydrogen-bond donors (Lipinski definition) is 0. The number of ether oxygens (including phenoxy) is 1. The Bertz CT molecular complexity index is 1760. The number of nitrogens with zero attached hydrogens (tertiary/aromatic N) is 5. The summed E-state index contributed by atoms with van der Waals surface area (Å²) in [5, 5.41) is 11.2. The third-order valence-corrected chi connectivity index (χ3v) is 9.35. The van der Waals surface area contributed by atoms with Crippen LogP contribution in [0.2, 0.25) is 5.02 Å². The van der Waals surface area contributed by atoms with Crippen molar-refractivity contribution in [2.24, 2.45) is 7.05 Å². The van der Waals surface area contributed by atoms with Crippen LogP contribution in [0, 0.1) is 11.3 Å². The maximum atomic E-state index is 9.33. The zero-order chi connectivity index (χ0) is 31.2. The number of rotatable bonds is 12. The highest BCUT2D eigenvalue weighted by Gasteiger charge is 2.24. The van der Waals surface area contributed by atoms with Gasteiger partial charge in [-0.05, 0) is 130 Å². The monoisotopic (exact) mass is 619 g/mol. The van der Waals surface area contributed by atoms with Crippen molar-refractivity contribution in [3.63, 3.8) is 0 Å². The summed E-state index contributed by atoms with van der Waals surface area (Å²) in [5.41, 5.74) is 5.64. The molecular weight excluding hydrogens is 578 g/mol. The second-order valence-electron chi connectivity index (χ2n) is 12.3. The van der Waals surface area contributed by atoms with E-state index in [0.717, 1.165) is 93.2 Å². The minimum Gasteiger partial charge on any atom is -0.457 e. The highest BCUT2D eigenvalue weighted by atomic mass is 35.5. The first-order valence-electron chi connectivity index (χ1n) is 16.3. The molecule has 0 amide bonds. The third kappa shape index (κ3) is 7.44. The summed E-state index contributed by atoms with van der Waals surface area (Å²) in [6, 6.07) is 24.0. The maximum Gasteiger partial charge on any atom is 0.127 e. The first-order chi connectivity index (χ1) is 22.0. The number of piperidine rings is 1. The fourth-order valence-electron chi connectivity index (χ4n) is 6.53. The SMILES string of the molecule is CCCCc1nc(C2CCN(CCCCc3cn(C)c4ccc(C#N)cc34)CC2)cn1-c1ccc(Oc2ccc(Cl)cc2)cc1. The van der Waals surface area contributed by atoms with Gasteiger partial charge in [0.05, 0.1) is 17.3 Å². The summed E-state index contributed by atoms with van der Waals surface area (Å²) < 4.78 is 10.5. The molecule has 0 unspecified atom stereocenters. The lowest BCUT2D eigenvalue weighted by atomic mass is 9.94. The molecule has 1 aliphatic heterocycles. The Balaban J connectivity index is 1.03. The Hall–Kier alpha value is -4.05. The molecule has 6 nitrogen and oxygen atoms in total. The number of likely N-dealkylation sites (tertiary alicyclic amines) is 1. The van der Waals surface area contributed by atoms with E-state index in [0.29, 0.717) is 10.9 Å². The Morgan fingerprint density at radius 2 is 1.64 bits per heavy atom. The van der Waals surface area contributed by atoms with Crippen LogP contribution in [-0.2, 0) is 19.9 Å². The van der Waals surface area contributed by atoms with E-state index in [-0.39, 0.29) is 0 Å². The number of halogens is 1. The van der Waals surface area contributed by atoms with Crippen LogP contribution in [0.5, 0.6) is 11.5 Å². The van der Waals surface area contributed by atoms with Crippen LogP contribution in [0.1, 0.15) is 74.0 Å². The summed E-state index contributed by atoms with van der Waals surface area (Å²) in [6.07, 6.45) is 13.5. The van der Waals surface area contributed by atoms with Crippen LogP contribution in [0.3, 0.4) is 0 Å². The summed E-state index contributed by atoms with van der Waals surface area (Å²) in [4.78, 5) is 7.82. The molecular formula is C38H42ClN5O. The average molecular weight is 620 g/mol. The highest BCUT2D eigenvalue weighted by molar-refractivity contribution is 6.30. The molecule has 0 radical (unpaired) electrons. The van der Waals surface area contributed by atoms with Crippen LogP contribution < -0.4 is 4.74 Å². The van der Waals surface area contributed by atoms with Crippen molar-refractivity contribution in [2.75, 3.05) is 19.6 Å². The molecule has 0 spiro atoms. The van der Waals surface area contributed by atoms with Gasteiger partial charge in [0.1, 0.15) is 17.3 Å². The molecule has 3 heterocycles. The van der Waals surface area contributed by atoms with Gasteiger partial charge in [-0.3, -0.25) is 0 Å². The van der Waals surface area contributed by atoms with Gasteiger partial charge in [0.15, 0.2) is 0 Å². The van der Waals surface area contributed by atoms with E-state index in [1.54, 1.807) is 0 Å². The molecule has 0 N–H and O–H groups in total. The van der Waals surface area contributed by atoms with E-state index in [4.69, 9.17) is 21.3 Å². The van der Waals surface area contributed by atoms with Gasteiger partial charge in [-0.25, -0.2) is 4.98 Å². The predicted molar refractivity (Wildman–Crippen MR) is 183 cm³/mol. The van der Waals surface area contributed by atoms with Gasteiger partial charge in [0, 0.05) is 53.4 Å². The number of aromatic nitrogens is 3. The van der Waals surface area contributed by atoms with Crippen molar-refractivity contribution in [1.82, 2.24) is 19.0 Å². The molecule has 5 aromatic rings. The summed E-state index contributed by atoms with van der Waals surface area (Å²) in [5.74, 6) is 3.22. The van der Waals surface area contributed by atoms with Gasteiger partial charge in [0.25, 0.3) is 0 Å². The van der Waals surface area contributed by atoms with E-state index in [9.17, 15) is 5.26 Å². The Morgan fingerprint density at radius 3 is 2.36 bits per heavy atom. The molecule has 45 heavy (non-hydrogen) atoms. The lowest BCUT2D eigenvalue weighted by Crippen LogP contribution is -2.33. The summed E-state index contributed by atoms with van der Waals surface area (Å²) in [6.45, 7) is 5.62. The number of fused-ring (bicyclic) bond motifs is 1. The third-order valence-electron chi connectivity index (χ3n) is 9.09. The number of hydrogen-bond acceptors (Lipinski definition) is 4. The molecule has 1 saturated heterocycles. The van der Waals surface area contributed by atoms with E-state index >= 15 is 0 Å². The van der Waals surface area contributed by atoms with Gasteiger partial charge >= 0.3 is 0 Å². The maximum absolute atomic E-state index is 9.33. The number of nitriles is 1. The number of aryl methyl sites for hydroxylation is 3. The molecule has 2 aromatic heterocycles. The van der Waals surface area contributed by atoms with Crippen LogP contribution in [0.15, 0.2) is 79.1 Å². The number of benzene rings is 3. The lowest BCUT2D eigenvalue weighted by molar-refractivity contribution is 0.207. The summed E-state index contributed by atoms with van der Waals surface area (Å²) >= 11 is 6.01. The Kier molecular flexibility index (Phi) is 9.88. The van der Waals surface area contributed by atoms with E-state index in [1.165, 1.54) is 28.6 Å². The van der Waals surface area contributed by atoms with Crippen LogP contribution >= 0.6 is 11.6 Å². The van der Waals surface area contributed by atoms with Crippen molar-refractivity contribution in [3.8, 4) is 23.3 Å². The minimum absolute atomic E-state index is 0.500. The molecule has 7 heteroatoms. The van der Waals surface area contributed by atoms with Crippen molar-refractivity contribution in [2.45, 2.75) is 64.2 Å². The standard InChI is InChI=1S/C38H42ClN5O/c1-3-4-8-38-41-36(27-44(38)32-12-16-34(17-13-32)45-33-14-10-31(39)11-15-33)29-19-22-43(23-20-29)21-6-5-7-30-26-42(2)37-18-9-28(25-40)24-35(30)37/h9-18,24,26-27,29H,3-8,19-23H2,1-2H3. The quantitative estimate of drug-likeness (QED) is 0.131. The average Bonchev–Trinajstić information content (AvgIpc) is 3.64. The van der Waals surface area contributed by atoms with E-state index in [2.05, 4.69) is 64.7 Å². The van der Waals surface area contributed by atoms with E-state index < -0.39 is 0 Å². The van der Waals surface area contributed by atoms with E-state index in [1.807, 2.05) is 48.5 Å². The van der Waals surface area contributed by atoms with Gasteiger partial charge in [-0.1, -0.05) is 24.9 Å². The zero-order valence-electron chi connectivity index (χ0n) is 26.4. The topological polar surface area (TPSA) is 59.0 Å². The molecule has 0 saturated carbocycles. The molecule has 232 valence electrons. The molecule has 1 fully saturated rings. The first-order valence-corrected chi connectivity index (χ1v) is 16.7. The van der Waals surface area contributed by atoms with Gasteiger partial charge in [-0.15, -0.1) is 0 Å². The van der Waals surface area contributed by atoms with Gasteiger partial charge in [0.2, 0.25) is 0 Å². The first kappa shape index (κ1) is 31.0. The predicted octanol–water partition coefficient (Wildman–Crippen LogP) is 9.23. The number of imidazole rings is 1. The highest BCUT2D eigenvalue weighted by Crippen LogP contribution is 2.31. The normalized spacial score (nSPS) is 14.2. The molecule has 1 aliphatic rings. The van der Waals surface area contributed by atoms with Gasteiger partial charge in [-0.2, -0.15) is 5.26 Å². The molecule has 6 rings (SSSR count). The van der Waals surface area contributed by atoms with Crippen molar-refractivity contribution < 1.29 is 4.74 Å². The number of unbranched alkanes of at least 4 members (excludes halogenated alkanes) is 2. The Labute approximate surface area is 271 Å². The zero-order valence-corrected chi connectivity index (χ0v) is 27.1. The smallest absolute Gasteiger partial charge is 0.127 e. The molecule has 3 aromatic carbocycles. The lowest BCUT2D eigenvalue weighted by Gasteiger charge is -2.31. The van der Waals surface area contributed by atoms with Gasteiger partial charge < -0.3 is 18.8 Å². The molecule has 0 aliphatic carbocycles. The largest absolute Gasteiger partial charge is 0.457 e. The second kappa shape index (κ2) is 14.4. The van der Waals surface area contributed by atoms with Crippen LogP contribution in [0.4, 0.5) is 0 Å². The molecule has 0 atom stereocenters. The van der Waals surface area contributed by atoms with Crippen LogP contribution in [0.25, 0.3) is 16.6 Å². The summed E-state index contributed by atoms with van der Waals surface area (Å²) in [7, 11) is 2.09. The van der Waals surface area contributed by atoms with Crippen molar-refractivity contribution in [3.05, 3.63) is 107 Å². The fourth-order valence-corrected chi connectivity index (χ4v) is 6.66. The fraction of sp³-hybridized carbons (Fsp3) is 0.368. The minimum atomic E-state index is 0.500.